The molecule has 1 aliphatic heterocycles. The number of alkyl halides is 3. The monoisotopic (exact) mass is 345 g/mol. The van der Waals surface area contributed by atoms with Gasteiger partial charge in [-0.25, -0.2) is 4.98 Å². The molecule has 0 atom stereocenters. The summed E-state index contributed by atoms with van der Waals surface area (Å²) < 4.78 is 40.5. The van der Waals surface area contributed by atoms with Gasteiger partial charge in [-0.15, -0.1) is 0 Å². The number of hydrogen-bond acceptors (Lipinski definition) is 4. The average molecular weight is 345 g/mol. The van der Waals surface area contributed by atoms with E-state index in [9.17, 15) is 22.8 Å². The molecule has 9 heteroatoms. The molecule has 1 aromatic heterocycles. The number of amides is 2. The zero-order valence-electron chi connectivity index (χ0n) is 12.9. The van der Waals surface area contributed by atoms with Gasteiger partial charge in [0.05, 0.1) is 5.56 Å². The fraction of sp³-hybridized carbons (Fsp3) is 0.533. The standard InChI is InChI=1S/C15H18F3N3O3/c16-15(17,18)10-24-12-4-3-11(9-20-12)14(23)19-6-5-13(22)21-7-1-2-8-21/h3-4,9H,1-2,5-8,10H2,(H,19,23). The summed E-state index contributed by atoms with van der Waals surface area (Å²) in [6.45, 7) is 0.275. The summed E-state index contributed by atoms with van der Waals surface area (Å²) in [5, 5.41) is 2.58. The van der Waals surface area contributed by atoms with E-state index in [1.165, 1.54) is 12.1 Å². The van der Waals surface area contributed by atoms with Gasteiger partial charge in [-0.3, -0.25) is 9.59 Å². The normalized spacial score (nSPS) is 14.5. The number of nitrogens with one attached hydrogen (secondary N) is 1. The summed E-state index contributed by atoms with van der Waals surface area (Å²) >= 11 is 0. The summed E-state index contributed by atoms with van der Waals surface area (Å²) in [5.41, 5.74) is 0.183. The van der Waals surface area contributed by atoms with E-state index >= 15 is 0 Å². The van der Waals surface area contributed by atoms with Crippen LogP contribution in [0.2, 0.25) is 0 Å². The van der Waals surface area contributed by atoms with Crippen molar-refractivity contribution in [3.63, 3.8) is 0 Å². The molecule has 0 radical (unpaired) electrons. The molecule has 1 saturated heterocycles. The molecule has 0 saturated carbocycles. The Morgan fingerprint density at radius 3 is 2.54 bits per heavy atom. The van der Waals surface area contributed by atoms with Crippen LogP contribution in [-0.4, -0.2) is 54.1 Å². The van der Waals surface area contributed by atoms with E-state index in [4.69, 9.17) is 0 Å². The third-order valence-electron chi connectivity index (χ3n) is 3.47. The number of likely N-dealkylation sites (tertiary alicyclic amines) is 1. The van der Waals surface area contributed by atoms with Gasteiger partial charge >= 0.3 is 6.18 Å². The smallest absolute Gasteiger partial charge is 0.422 e. The van der Waals surface area contributed by atoms with Crippen LogP contribution in [0.1, 0.15) is 29.6 Å². The van der Waals surface area contributed by atoms with Gasteiger partial charge in [-0.2, -0.15) is 13.2 Å². The number of halogens is 3. The number of rotatable bonds is 6. The predicted octanol–water partition coefficient (Wildman–Crippen LogP) is 1.77. The molecule has 1 fully saturated rings. The van der Waals surface area contributed by atoms with Crippen LogP contribution >= 0.6 is 0 Å². The number of carbonyl (C=O) groups is 2. The number of hydrogen-bond donors (Lipinski definition) is 1. The van der Waals surface area contributed by atoms with Gasteiger partial charge in [0.2, 0.25) is 11.8 Å². The molecule has 1 N–H and O–H groups in total. The Balaban J connectivity index is 1.74. The van der Waals surface area contributed by atoms with Crippen LogP contribution in [0, 0.1) is 0 Å². The van der Waals surface area contributed by atoms with E-state index in [2.05, 4.69) is 15.0 Å². The van der Waals surface area contributed by atoms with Crippen LogP contribution in [0.5, 0.6) is 5.88 Å². The second kappa shape index (κ2) is 7.98. The third-order valence-corrected chi connectivity index (χ3v) is 3.47. The zero-order chi connectivity index (χ0) is 17.6. The molecule has 2 amide bonds. The van der Waals surface area contributed by atoms with Gasteiger partial charge in [0, 0.05) is 38.3 Å². The molecule has 2 rings (SSSR count). The fourth-order valence-corrected chi connectivity index (χ4v) is 2.27. The van der Waals surface area contributed by atoms with Crippen molar-refractivity contribution in [3.05, 3.63) is 23.9 Å². The van der Waals surface area contributed by atoms with Crippen LogP contribution in [-0.2, 0) is 4.79 Å². The Morgan fingerprint density at radius 1 is 1.25 bits per heavy atom. The van der Waals surface area contributed by atoms with E-state index < -0.39 is 18.7 Å². The lowest BCUT2D eigenvalue weighted by atomic mass is 10.2. The quantitative estimate of drug-likeness (QED) is 0.853. The van der Waals surface area contributed by atoms with Crippen LogP contribution in [0.25, 0.3) is 0 Å². The number of aromatic nitrogens is 1. The summed E-state index contributed by atoms with van der Waals surface area (Å²) in [5.74, 6) is -0.658. The van der Waals surface area contributed by atoms with Gasteiger partial charge in [-0.05, 0) is 18.9 Å². The molecule has 2 heterocycles. The van der Waals surface area contributed by atoms with Crippen molar-refractivity contribution in [2.45, 2.75) is 25.4 Å². The van der Waals surface area contributed by atoms with Crippen LogP contribution < -0.4 is 10.1 Å². The Bertz CT molecular complexity index is 570. The van der Waals surface area contributed by atoms with Crippen molar-refractivity contribution >= 4 is 11.8 Å². The lowest BCUT2D eigenvalue weighted by Crippen LogP contribution is -2.32. The molecule has 0 bridgehead atoms. The van der Waals surface area contributed by atoms with E-state index in [-0.39, 0.29) is 30.3 Å². The molecule has 1 aromatic rings. The maximum absolute atomic E-state index is 12.0. The molecular weight excluding hydrogens is 327 g/mol. The number of ether oxygens (including phenoxy) is 1. The van der Waals surface area contributed by atoms with E-state index in [0.29, 0.717) is 0 Å². The molecule has 0 aromatic carbocycles. The highest BCUT2D eigenvalue weighted by atomic mass is 19.4. The predicted molar refractivity (Wildman–Crippen MR) is 78.6 cm³/mol. The van der Waals surface area contributed by atoms with Crippen LogP contribution in [0.4, 0.5) is 13.2 Å². The van der Waals surface area contributed by atoms with Crippen molar-refractivity contribution in [1.29, 1.82) is 0 Å². The lowest BCUT2D eigenvalue weighted by Gasteiger charge is -2.15. The van der Waals surface area contributed by atoms with E-state index in [0.717, 1.165) is 32.1 Å². The fourth-order valence-electron chi connectivity index (χ4n) is 2.27. The van der Waals surface area contributed by atoms with Gasteiger partial charge in [-0.1, -0.05) is 0 Å². The first-order chi connectivity index (χ1) is 11.3. The average Bonchev–Trinajstić information content (AvgIpc) is 3.07. The minimum absolute atomic E-state index is 0.00169. The largest absolute Gasteiger partial charge is 0.468 e. The Kier molecular flexibility index (Phi) is 5.99. The molecule has 0 aliphatic carbocycles. The molecule has 1 aliphatic rings. The minimum atomic E-state index is -4.44. The summed E-state index contributed by atoms with van der Waals surface area (Å²) in [6.07, 6.45) is -1.09. The number of carbonyl (C=O) groups excluding carboxylic acids is 2. The maximum Gasteiger partial charge on any atom is 0.422 e. The molecular formula is C15H18F3N3O3. The second-order valence-electron chi connectivity index (χ2n) is 5.38. The highest BCUT2D eigenvalue weighted by Gasteiger charge is 2.28. The topological polar surface area (TPSA) is 71.5 Å². The van der Waals surface area contributed by atoms with Gasteiger partial charge in [0.1, 0.15) is 0 Å². The highest BCUT2D eigenvalue weighted by Crippen LogP contribution is 2.17. The van der Waals surface area contributed by atoms with Crippen molar-refractivity contribution < 1.29 is 27.5 Å². The summed E-state index contributed by atoms with van der Waals surface area (Å²) in [4.78, 5) is 29.1. The van der Waals surface area contributed by atoms with Crippen molar-refractivity contribution in [3.8, 4) is 5.88 Å². The molecule has 24 heavy (non-hydrogen) atoms. The van der Waals surface area contributed by atoms with E-state index in [1.807, 2.05) is 0 Å². The van der Waals surface area contributed by atoms with Gasteiger partial charge in [0.15, 0.2) is 6.61 Å². The maximum atomic E-state index is 12.0. The Labute approximate surface area is 137 Å². The third kappa shape index (κ3) is 5.71. The lowest BCUT2D eigenvalue weighted by molar-refractivity contribution is -0.154. The zero-order valence-corrected chi connectivity index (χ0v) is 12.9. The molecule has 0 spiro atoms. The summed E-state index contributed by atoms with van der Waals surface area (Å²) in [6, 6.07) is 2.51. The summed E-state index contributed by atoms with van der Waals surface area (Å²) in [7, 11) is 0. The van der Waals surface area contributed by atoms with Gasteiger partial charge in [0.25, 0.3) is 5.91 Å². The van der Waals surface area contributed by atoms with Gasteiger partial charge < -0.3 is 15.0 Å². The molecule has 6 nitrogen and oxygen atoms in total. The molecule has 0 unspecified atom stereocenters. The minimum Gasteiger partial charge on any atom is -0.468 e. The number of pyridine rings is 1. The Hall–Kier alpha value is -2.32. The van der Waals surface area contributed by atoms with Crippen molar-refractivity contribution in [2.24, 2.45) is 0 Å². The van der Waals surface area contributed by atoms with Crippen molar-refractivity contribution in [2.75, 3.05) is 26.2 Å². The first-order valence-electron chi connectivity index (χ1n) is 7.57. The second-order valence-corrected chi connectivity index (χ2v) is 5.38. The first kappa shape index (κ1) is 18.0. The SMILES string of the molecule is O=C(NCCC(=O)N1CCCC1)c1ccc(OCC(F)(F)F)nc1. The van der Waals surface area contributed by atoms with Crippen LogP contribution in [0.15, 0.2) is 18.3 Å². The van der Waals surface area contributed by atoms with E-state index in [1.54, 1.807) is 4.90 Å². The molecule has 132 valence electrons. The highest BCUT2D eigenvalue weighted by molar-refractivity contribution is 5.94. The van der Waals surface area contributed by atoms with Crippen LogP contribution in [0.3, 0.4) is 0 Å². The van der Waals surface area contributed by atoms with Crippen molar-refractivity contribution in [1.82, 2.24) is 15.2 Å². The Morgan fingerprint density at radius 2 is 1.96 bits per heavy atom. The number of nitrogens with zero attached hydrogens (tertiary/aromatic N) is 2. The first-order valence-corrected chi connectivity index (χ1v) is 7.57.